The molecule has 5 heteroatoms. The number of benzene rings is 3. The summed E-state index contributed by atoms with van der Waals surface area (Å²) < 4.78 is 0. The summed E-state index contributed by atoms with van der Waals surface area (Å²) in [5, 5.41) is 6.91. The van der Waals surface area contributed by atoms with Gasteiger partial charge in [-0.1, -0.05) is 50.6 Å². The predicted octanol–water partition coefficient (Wildman–Crippen LogP) is 6.28. The zero-order valence-electron chi connectivity index (χ0n) is 18.7. The van der Waals surface area contributed by atoms with Gasteiger partial charge in [0.15, 0.2) is 0 Å². The number of carbonyl (C=O) groups excluding carboxylic acids is 2. The molecule has 0 aliphatic carbocycles. The van der Waals surface area contributed by atoms with Crippen LogP contribution >= 0.6 is 0 Å². The lowest BCUT2D eigenvalue weighted by Crippen LogP contribution is -2.19. The first-order valence-electron chi connectivity index (χ1n) is 10.6. The third-order valence-electron chi connectivity index (χ3n) is 5.49. The fraction of sp³-hybridized carbons (Fsp3) is 0.185. The minimum absolute atomic E-state index is 0.0142. The van der Waals surface area contributed by atoms with Crippen molar-refractivity contribution in [1.82, 2.24) is 4.98 Å². The smallest absolute Gasteiger partial charge is 0.257 e. The summed E-state index contributed by atoms with van der Waals surface area (Å²) in [7, 11) is 0. The standard InChI is InChI=1S/C27H27N3O2/c1-17-5-12-23(30-25(31)19-6-9-20(10-7-19)27(2,3)4)22(15-17)26(32)29-21-11-8-18-13-14-28-24(18)16-21/h5-16,28H,1-4H3,(H,29,32)(H,30,31). The van der Waals surface area contributed by atoms with E-state index in [2.05, 4.69) is 36.4 Å². The SMILES string of the molecule is Cc1ccc(NC(=O)c2ccc(C(C)(C)C)cc2)c(C(=O)Nc2ccc3cc[nH]c3c2)c1. The Bertz CT molecular complexity index is 1290. The molecule has 0 radical (unpaired) electrons. The highest BCUT2D eigenvalue weighted by molar-refractivity contribution is 6.13. The number of aromatic nitrogens is 1. The van der Waals surface area contributed by atoms with E-state index < -0.39 is 0 Å². The average Bonchev–Trinajstić information content (AvgIpc) is 3.22. The highest BCUT2D eigenvalue weighted by Gasteiger charge is 2.17. The number of aromatic amines is 1. The van der Waals surface area contributed by atoms with Gasteiger partial charge in [-0.15, -0.1) is 0 Å². The van der Waals surface area contributed by atoms with E-state index in [0.29, 0.717) is 22.5 Å². The van der Waals surface area contributed by atoms with Gasteiger partial charge in [-0.3, -0.25) is 9.59 Å². The Balaban J connectivity index is 1.56. The number of hydrogen-bond acceptors (Lipinski definition) is 2. The molecule has 0 aliphatic rings. The van der Waals surface area contributed by atoms with Crippen molar-refractivity contribution in [3.63, 3.8) is 0 Å². The van der Waals surface area contributed by atoms with E-state index in [1.165, 1.54) is 0 Å². The van der Waals surface area contributed by atoms with Gasteiger partial charge in [-0.25, -0.2) is 0 Å². The molecule has 0 saturated carbocycles. The van der Waals surface area contributed by atoms with Crippen LogP contribution in [0.3, 0.4) is 0 Å². The molecule has 0 saturated heterocycles. The summed E-state index contributed by atoms with van der Waals surface area (Å²) in [6.45, 7) is 8.31. The molecule has 3 aromatic carbocycles. The van der Waals surface area contributed by atoms with Crippen molar-refractivity contribution < 1.29 is 9.59 Å². The maximum atomic E-state index is 13.1. The van der Waals surface area contributed by atoms with E-state index in [1.54, 1.807) is 12.1 Å². The molecule has 5 nitrogen and oxygen atoms in total. The van der Waals surface area contributed by atoms with Crippen molar-refractivity contribution in [2.24, 2.45) is 0 Å². The van der Waals surface area contributed by atoms with Crippen molar-refractivity contribution in [2.45, 2.75) is 33.1 Å². The van der Waals surface area contributed by atoms with Gasteiger partial charge < -0.3 is 15.6 Å². The zero-order chi connectivity index (χ0) is 22.9. The van der Waals surface area contributed by atoms with Gasteiger partial charge >= 0.3 is 0 Å². The van der Waals surface area contributed by atoms with Gasteiger partial charge in [0.25, 0.3) is 11.8 Å². The highest BCUT2D eigenvalue weighted by Crippen LogP contribution is 2.24. The van der Waals surface area contributed by atoms with E-state index in [-0.39, 0.29) is 17.2 Å². The Morgan fingerprint density at radius 2 is 1.56 bits per heavy atom. The van der Waals surface area contributed by atoms with Crippen LogP contribution in [-0.4, -0.2) is 16.8 Å². The molecule has 3 N–H and O–H groups in total. The molecule has 2 amide bonds. The first-order chi connectivity index (χ1) is 15.2. The minimum Gasteiger partial charge on any atom is -0.361 e. The van der Waals surface area contributed by atoms with Gasteiger partial charge in [0.1, 0.15) is 0 Å². The summed E-state index contributed by atoms with van der Waals surface area (Å²) in [6.07, 6.45) is 1.86. The monoisotopic (exact) mass is 425 g/mol. The van der Waals surface area contributed by atoms with Crippen LogP contribution in [-0.2, 0) is 5.41 Å². The third kappa shape index (κ3) is 4.57. The molecule has 1 aromatic heterocycles. The summed E-state index contributed by atoms with van der Waals surface area (Å²) in [5.74, 6) is -0.533. The van der Waals surface area contributed by atoms with Gasteiger partial charge in [-0.2, -0.15) is 0 Å². The van der Waals surface area contributed by atoms with Crippen molar-refractivity contribution >= 4 is 34.1 Å². The number of amides is 2. The molecule has 4 aromatic rings. The largest absolute Gasteiger partial charge is 0.361 e. The summed E-state index contributed by atoms with van der Waals surface area (Å²) in [5.41, 5.74) is 5.16. The van der Waals surface area contributed by atoms with Crippen molar-refractivity contribution in [1.29, 1.82) is 0 Å². The van der Waals surface area contributed by atoms with E-state index in [0.717, 1.165) is 22.0 Å². The van der Waals surface area contributed by atoms with Crippen molar-refractivity contribution in [3.05, 3.63) is 95.2 Å². The van der Waals surface area contributed by atoms with Gasteiger partial charge in [0.05, 0.1) is 11.3 Å². The quantitative estimate of drug-likeness (QED) is 0.360. The Labute approximate surface area is 187 Å². The fourth-order valence-corrected chi connectivity index (χ4v) is 3.60. The van der Waals surface area contributed by atoms with E-state index in [9.17, 15) is 9.59 Å². The summed E-state index contributed by atoms with van der Waals surface area (Å²) in [6, 6.07) is 20.6. The number of hydrogen-bond donors (Lipinski definition) is 3. The first kappa shape index (κ1) is 21.4. The first-order valence-corrected chi connectivity index (χ1v) is 10.6. The zero-order valence-corrected chi connectivity index (χ0v) is 18.7. The highest BCUT2D eigenvalue weighted by atomic mass is 16.2. The van der Waals surface area contributed by atoms with Crippen LogP contribution in [0.15, 0.2) is 72.9 Å². The number of H-pyrrole nitrogens is 1. The molecule has 0 unspecified atom stereocenters. The van der Waals surface area contributed by atoms with Crippen LogP contribution in [0.2, 0.25) is 0 Å². The van der Waals surface area contributed by atoms with Gasteiger partial charge in [0, 0.05) is 23.0 Å². The average molecular weight is 426 g/mol. The molecular weight excluding hydrogens is 398 g/mol. The maximum absolute atomic E-state index is 13.1. The van der Waals surface area contributed by atoms with E-state index >= 15 is 0 Å². The Kier molecular flexibility index (Phi) is 5.57. The van der Waals surface area contributed by atoms with Crippen LogP contribution in [0.25, 0.3) is 10.9 Å². The number of rotatable bonds is 4. The molecule has 32 heavy (non-hydrogen) atoms. The lowest BCUT2D eigenvalue weighted by atomic mass is 9.86. The normalized spacial score (nSPS) is 11.4. The van der Waals surface area contributed by atoms with Crippen LogP contribution in [0.5, 0.6) is 0 Å². The third-order valence-corrected chi connectivity index (χ3v) is 5.49. The number of nitrogens with one attached hydrogen (secondary N) is 3. The molecule has 4 rings (SSSR count). The number of fused-ring (bicyclic) bond motifs is 1. The van der Waals surface area contributed by atoms with Crippen LogP contribution in [0.1, 0.15) is 52.6 Å². The second kappa shape index (κ2) is 8.35. The molecule has 0 bridgehead atoms. The Hall–Kier alpha value is -3.86. The maximum Gasteiger partial charge on any atom is 0.257 e. The molecule has 162 valence electrons. The predicted molar refractivity (Wildman–Crippen MR) is 131 cm³/mol. The molecule has 0 atom stereocenters. The van der Waals surface area contributed by atoms with Gasteiger partial charge in [-0.05, 0) is 65.8 Å². The molecule has 1 heterocycles. The molecule has 0 aliphatic heterocycles. The van der Waals surface area contributed by atoms with Gasteiger partial charge in [0.2, 0.25) is 0 Å². The van der Waals surface area contributed by atoms with Crippen LogP contribution < -0.4 is 10.6 Å². The minimum atomic E-state index is -0.280. The van der Waals surface area contributed by atoms with Crippen LogP contribution in [0, 0.1) is 6.92 Å². The van der Waals surface area contributed by atoms with E-state index in [1.807, 2.05) is 67.7 Å². The number of aryl methyl sites for hydroxylation is 1. The summed E-state index contributed by atoms with van der Waals surface area (Å²) >= 11 is 0. The topological polar surface area (TPSA) is 74.0 Å². The molecular formula is C27H27N3O2. The Morgan fingerprint density at radius 3 is 2.28 bits per heavy atom. The second-order valence-corrected chi connectivity index (χ2v) is 9.06. The number of carbonyl (C=O) groups is 2. The lowest BCUT2D eigenvalue weighted by Gasteiger charge is -2.19. The molecule has 0 fully saturated rings. The Morgan fingerprint density at radius 1 is 0.812 bits per heavy atom. The summed E-state index contributed by atoms with van der Waals surface area (Å²) in [4.78, 5) is 29.1. The fourth-order valence-electron chi connectivity index (χ4n) is 3.60. The second-order valence-electron chi connectivity index (χ2n) is 9.06. The van der Waals surface area contributed by atoms with E-state index in [4.69, 9.17) is 0 Å². The molecule has 0 spiro atoms. The van der Waals surface area contributed by atoms with Crippen molar-refractivity contribution in [3.8, 4) is 0 Å². The number of anilines is 2. The van der Waals surface area contributed by atoms with Crippen LogP contribution in [0.4, 0.5) is 11.4 Å². The van der Waals surface area contributed by atoms with Crippen molar-refractivity contribution in [2.75, 3.05) is 10.6 Å². The lowest BCUT2D eigenvalue weighted by molar-refractivity contribution is 0.102.